The number of carbonyl (C=O) groups excluding carboxylic acids is 5. The maximum absolute atomic E-state index is 14.5. The van der Waals surface area contributed by atoms with Gasteiger partial charge in [0.25, 0.3) is 5.91 Å². The number of nitrogens with one attached hydrogen (secondary N) is 4. The predicted molar refractivity (Wildman–Crippen MR) is 207 cm³/mol. The molecule has 1 heterocycles. The van der Waals surface area contributed by atoms with E-state index in [4.69, 9.17) is 0 Å². The van der Waals surface area contributed by atoms with E-state index < -0.39 is 69.1 Å². The Hall–Kier alpha value is -3.78. The third-order valence-electron chi connectivity index (χ3n) is 10.8. The van der Waals surface area contributed by atoms with Gasteiger partial charge in [-0.15, -0.1) is 6.58 Å². The predicted octanol–water partition coefficient (Wildman–Crippen LogP) is 3.86. The largest absolute Gasteiger partial charge is 0.346 e. The number of hydrogen-bond acceptors (Lipinski definition) is 7. The van der Waals surface area contributed by atoms with Crippen molar-refractivity contribution in [1.29, 1.82) is 0 Å². The third kappa shape index (κ3) is 11.4. The molecule has 3 aliphatic rings. The first-order valence-corrected chi connectivity index (χ1v) is 20.9. The zero-order chi connectivity index (χ0) is 40.0. The molecule has 5 atom stereocenters. The van der Waals surface area contributed by atoms with E-state index in [1.165, 1.54) is 15.3 Å². The number of Topliss-reactive ketones (excluding diaryl/α,β-unsaturated/α-hetero) is 1. The van der Waals surface area contributed by atoms with Crippen LogP contribution in [0.15, 0.2) is 47.9 Å². The SMILES string of the molecule is C=CCNC(=O)C(=O)C(CC1CC1)NC(=O)[C@@H]1[C@@H](C(C)C)CCN1C(=O)[C@@H](NC(=O)N[C@H](CN(CC1CC1)S(=O)(=O)c1ccccc1)C(C)C)C(C)(C)C. The van der Waals surface area contributed by atoms with Gasteiger partial charge in [-0.1, -0.05) is 85.6 Å². The molecule has 2 aliphatic carbocycles. The summed E-state index contributed by atoms with van der Waals surface area (Å²) in [6.45, 7) is 17.7. The van der Waals surface area contributed by atoms with Crippen molar-refractivity contribution in [3.8, 4) is 0 Å². The molecule has 1 aliphatic heterocycles. The lowest BCUT2D eigenvalue weighted by Gasteiger charge is -2.37. The van der Waals surface area contributed by atoms with Gasteiger partial charge in [0.2, 0.25) is 27.6 Å². The first kappa shape index (κ1) is 43.0. The van der Waals surface area contributed by atoms with Crippen molar-refractivity contribution < 1.29 is 32.4 Å². The van der Waals surface area contributed by atoms with Crippen molar-refractivity contribution in [3.05, 3.63) is 43.0 Å². The Morgan fingerprint density at radius 1 is 0.926 bits per heavy atom. The molecule has 1 unspecified atom stereocenters. The molecular weight excluding hydrogens is 709 g/mol. The highest BCUT2D eigenvalue weighted by Gasteiger charge is 2.48. The number of sulfonamides is 1. The molecule has 0 radical (unpaired) electrons. The minimum Gasteiger partial charge on any atom is -0.346 e. The summed E-state index contributed by atoms with van der Waals surface area (Å²) in [4.78, 5) is 70.0. The second kappa shape index (κ2) is 18.2. The van der Waals surface area contributed by atoms with Gasteiger partial charge >= 0.3 is 6.03 Å². The molecule has 4 rings (SSSR count). The smallest absolute Gasteiger partial charge is 0.315 e. The molecule has 3 fully saturated rings. The van der Waals surface area contributed by atoms with Gasteiger partial charge in [0.1, 0.15) is 12.1 Å². The summed E-state index contributed by atoms with van der Waals surface area (Å²) < 4.78 is 29.0. The number of hydrogen-bond donors (Lipinski definition) is 4. The summed E-state index contributed by atoms with van der Waals surface area (Å²) in [5.41, 5.74) is -0.777. The van der Waals surface area contributed by atoms with Gasteiger partial charge in [0, 0.05) is 32.2 Å². The maximum Gasteiger partial charge on any atom is 0.315 e. The molecule has 300 valence electrons. The van der Waals surface area contributed by atoms with Crippen LogP contribution in [0.2, 0.25) is 0 Å². The fourth-order valence-corrected chi connectivity index (χ4v) is 8.65. The molecule has 13 nitrogen and oxygen atoms in total. The van der Waals surface area contributed by atoms with Crippen molar-refractivity contribution in [1.82, 2.24) is 30.5 Å². The number of likely N-dealkylation sites (tertiary alicyclic amines) is 1. The summed E-state index contributed by atoms with van der Waals surface area (Å²) in [5.74, 6) is -2.29. The van der Waals surface area contributed by atoms with Crippen molar-refractivity contribution in [2.24, 2.45) is 35.0 Å². The lowest BCUT2D eigenvalue weighted by atomic mass is 9.84. The van der Waals surface area contributed by atoms with E-state index in [9.17, 15) is 32.4 Å². The van der Waals surface area contributed by atoms with Crippen LogP contribution < -0.4 is 21.3 Å². The van der Waals surface area contributed by atoms with Crippen LogP contribution in [-0.2, 0) is 29.2 Å². The standard InChI is InChI=1S/C40H62N6O7S/c1-9-20-41-37(49)34(47)31(22-27-15-16-27)42-36(48)33-30(25(2)3)19-21-46(33)38(50)35(40(6,7)8)44-39(51)43-32(26(4)5)24-45(23-28-17-18-28)54(52,53)29-13-11-10-12-14-29/h9-14,25-28,30-33,35H,1,15-24H2,2-8H3,(H,41,49)(H,42,48)(H2,43,44,51)/t30-,31?,32-,33+,35-/m1/s1. The molecule has 1 aromatic carbocycles. The molecule has 0 bridgehead atoms. The minimum atomic E-state index is -3.83. The third-order valence-corrected chi connectivity index (χ3v) is 12.7. The monoisotopic (exact) mass is 770 g/mol. The highest BCUT2D eigenvalue weighted by molar-refractivity contribution is 7.89. The lowest BCUT2D eigenvalue weighted by Crippen LogP contribution is -2.62. The van der Waals surface area contributed by atoms with E-state index in [1.54, 1.807) is 30.3 Å². The average Bonchev–Trinajstić information content (AvgIpc) is 4.06. The van der Waals surface area contributed by atoms with E-state index in [0.29, 0.717) is 19.4 Å². The summed E-state index contributed by atoms with van der Waals surface area (Å²) >= 11 is 0. The van der Waals surface area contributed by atoms with Crippen LogP contribution in [-0.4, -0.2) is 97.5 Å². The molecule has 54 heavy (non-hydrogen) atoms. The fraction of sp³-hybridized carbons (Fsp3) is 0.675. The maximum atomic E-state index is 14.5. The van der Waals surface area contributed by atoms with Crippen LogP contribution in [0.5, 0.6) is 0 Å². The van der Waals surface area contributed by atoms with Crippen molar-refractivity contribution in [3.63, 3.8) is 0 Å². The number of nitrogens with zero attached hydrogens (tertiary/aromatic N) is 2. The number of rotatable bonds is 19. The first-order valence-electron chi connectivity index (χ1n) is 19.5. The zero-order valence-corrected chi connectivity index (χ0v) is 33.9. The Balaban J connectivity index is 1.52. The van der Waals surface area contributed by atoms with E-state index >= 15 is 0 Å². The quantitative estimate of drug-likeness (QED) is 0.122. The Morgan fingerprint density at radius 2 is 1.56 bits per heavy atom. The van der Waals surface area contributed by atoms with Gasteiger partial charge in [-0.05, 0) is 72.8 Å². The number of benzene rings is 1. The summed E-state index contributed by atoms with van der Waals surface area (Å²) in [6.07, 6.45) is 6.09. The van der Waals surface area contributed by atoms with Crippen molar-refractivity contribution in [2.75, 3.05) is 26.2 Å². The number of ketones is 1. The average molecular weight is 771 g/mol. The van der Waals surface area contributed by atoms with Gasteiger partial charge in [-0.3, -0.25) is 19.2 Å². The van der Waals surface area contributed by atoms with Crippen LogP contribution in [0.1, 0.15) is 87.0 Å². The molecular formula is C40H62N6O7S. The van der Waals surface area contributed by atoms with Crippen LogP contribution in [0.3, 0.4) is 0 Å². The van der Waals surface area contributed by atoms with Crippen LogP contribution in [0, 0.1) is 35.0 Å². The number of amides is 5. The normalized spacial score (nSPS) is 20.7. The highest BCUT2D eigenvalue weighted by Crippen LogP contribution is 2.36. The molecule has 4 N–H and O–H groups in total. The Bertz CT molecular complexity index is 1620. The zero-order valence-electron chi connectivity index (χ0n) is 33.1. The van der Waals surface area contributed by atoms with Gasteiger partial charge in [0.05, 0.1) is 10.9 Å². The lowest BCUT2D eigenvalue weighted by molar-refractivity contribution is -0.144. The molecule has 2 saturated carbocycles. The van der Waals surface area contributed by atoms with Crippen LogP contribution in [0.25, 0.3) is 0 Å². The molecule has 1 saturated heterocycles. The molecule has 14 heteroatoms. The first-order chi connectivity index (χ1) is 25.3. The Morgan fingerprint density at radius 3 is 2.09 bits per heavy atom. The van der Waals surface area contributed by atoms with E-state index in [-0.39, 0.29) is 54.1 Å². The highest BCUT2D eigenvalue weighted by atomic mass is 32.2. The minimum absolute atomic E-state index is 0.0221. The Labute approximate surface area is 321 Å². The van der Waals surface area contributed by atoms with E-state index in [2.05, 4.69) is 27.8 Å². The second-order valence-corrected chi connectivity index (χ2v) is 19.1. The summed E-state index contributed by atoms with van der Waals surface area (Å²) in [6, 6.07) is 4.10. The van der Waals surface area contributed by atoms with E-state index in [1.807, 2.05) is 48.5 Å². The Kier molecular flexibility index (Phi) is 14.5. The number of carbonyl (C=O) groups is 5. The second-order valence-electron chi connectivity index (χ2n) is 17.1. The summed E-state index contributed by atoms with van der Waals surface area (Å²) in [7, 11) is -3.83. The van der Waals surface area contributed by atoms with Crippen LogP contribution >= 0.6 is 0 Å². The van der Waals surface area contributed by atoms with Gasteiger partial charge in [-0.2, -0.15) is 4.31 Å². The summed E-state index contributed by atoms with van der Waals surface area (Å²) in [5, 5.41) is 11.2. The van der Waals surface area contributed by atoms with Gasteiger partial charge < -0.3 is 26.2 Å². The molecule has 0 aromatic heterocycles. The van der Waals surface area contributed by atoms with E-state index in [0.717, 1.165) is 25.7 Å². The molecule has 1 aromatic rings. The van der Waals surface area contributed by atoms with Crippen LogP contribution in [0.4, 0.5) is 4.79 Å². The van der Waals surface area contributed by atoms with Crippen molar-refractivity contribution >= 4 is 39.6 Å². The fourth-order valence-electron chi connectivity index (χ4n) is 7.08. The molecule has 0 spiro atoms. The van der Waals surface area contributed by atoms with Gasteiger partial charge in [-0.25, -0.2) is 13.2 Å². The topological polar surface area (TPSA) is 174 Å². The number of urea groups is 1. The van der Waals surface area contributed by atoms with Crippen molar-refractivity contribution in [2.45, 2.75) is 116 Å². The van der Waals surface area contributed by atoms with Gasteiger partial charge in [0.15, 0.2) is 0 Å². The molecule has 5 amide bonds.